The average Bonchev–Trinajstić information content (AvgIpc) is 3.18. The third-order valence-electron chi connectivity index (χ3n) is 3.64. The number of halogens is 1. The van der Waals surface area contributed by atoms with Crippen LogP contribution >= 0.6 is 22.7 Å². The second-order valence-electron chi connectivity index (χ2n) is 5.27. The van der Waals surface area contributed by atoms with Gasteiger partial charge in [0.05, 0.1) is 20.4 Å². The number of fused-ring (bicyclic) bond motifs is 2. The third kappa shape index (κ3) is 2.81. The molecule has 0 atom stereocenters. The zero-order valence-corrected chi connectivity index (χ0v) is 14.6. The summed E-state index contributed by atoms with van der Waals surface area (Å²) in [6, 6.07) is 12.4. The van der Waals surface area contributed by atoms with Gasteiger partial charge < -0.3 is 4.57 Å². The Hall–Kier alpha value is -2.64. The van der Waals surface area contributed by atoms with Crippen molar-refractivity contribution < 1.29 is 9.18 Å². The first-order valence-corrected chi connectivity index (χ1v) is 9.14. The van der Waals surface area contributed by atoms with E-state index in [1.165, 1.54) is 28.7 Å². The molecule has 2 aromatic carbocycles. The second kappa shape index (κ2) is 6.34. The first-order valence-electron chi connectivity index (χ1n) is 7.51. The van der Waals surface area contributed by atoms with Gasteiger partial charge in [0.2, 0.25) is 0 Å². The van der Waals surface area contributed by atoms with Crippen molar-refractivity contribution in [3.05, 3.63) is 70.7 Å². The summed E-state index contributed by atoms with van der Waals surface area (Å²) in [5, 5.41) is 0.323. The maximum atomic E-state index is 14.2. The molecule has 0 N–H and O–H groups in total. The first-order chi connectivity index (χ1) is 12.2. The smallest absolute Gasteiger partial charge is 0.308 e. The molecule has 0 fully saturated rings. The minimum Gasteiger partial charge on any atom is -0.310 e. The van der Waals surface area contributed by atoms with Crippen LogP contribution in [0.25, 0.3) is 20.4 Å². The van der Waals surface area contributed by atoms with Gasteiger partial charge in [-0.1, -0.05) is 35.6 Å². The highest BCUT2D eigenvalue weighted by atomic mass is 32.1. The van der Waals surface area contributed by atoms with Crippen molar-refractivity contribution in [1.82, 2.24) is 9.55 Å². The van der Waals surface area contributed by atoms with E-state index in [1.807, 2.05) is 30.3 Å². The molecule has 2 aromatic heterocycles. The van der Waals surface area contributed by atoms with E-state index in [0.29, 0.717) is 21.9 Å². The number of allylic oxidation sites excluding steroid dienone is 1. The van der Waals surface area contributed by atoms with E-state index in [2.05, 4.69) is 16.6 Å². The highest BCUT2D eigenvalue weighted by Crippen LogP contribution is 2.23. The number of benzene rings is 2. The van der Waals surface area contributed by atoms with E-state index >= 15 is 0 Å². The molecule has 124 valence electrons. The SMILES string of the molecule is C=CCn1c(=NC(=O)c2nc3ccccc3s2)sc2cccc(F)c21. The molecule has 0 spiro atoms. The molecule has 0 unspecified atom stereocenters. The lowest BCUT2D eigenvalue weighted by Crippen LogP contribution is -2.16. The minimum atomic E-state index is -0.425. The van der Waals surface area contributed by atoms with Crippen LogP contribution in [0.4, 0.5) is 4.39 Å². The molecule has 0 radical (unpaired) electrons. The predicted octanol–water partition coefficient (Wildman–Crippen LogP) is 4.38. The van der Waals surface area contributed by atoms with Crippen molar-refractivity contribution >= 4 is 49.0 Å². The molecule has 0 aliphatic heterocycles. The van der Waals surface area contributed by atoms with Gasteiger partial charge in [-0.25, -0.2) is 9.37 Å². The van der Waals surface area contributed by atoms with Crippen molar-refractivity contribution in [2.24, 2.45) is 4.99 Å². The number of nitrogens with zero attached hydrogens (tertiary/aromatic N) is 3. The largest absolute Gasteiger partial charge is 0.310 e. The van der Waals surface area contributed by atoms with Crippen LogP contribution in [0.3, 0.4) is 0 Å². The topological polar surface area (TPSA) is 47.2 Å². The number of amides is 1. The molecule has 2 heterocycles. The van der Waals surface area contributed by atoms with Crippen LogP contribution in [0.2, 0.25) is 0 Å². The lowest BCUT2D eigenvalue weighted by molar-refractivity contribution is 0.0997. The summed E-state index contributed by atoms with van der Waals surface area (Å²) in [4.78, 5) is 21.5. The van der Waals surface area contributed by atoms with Crippen LogP contribution in [-0.2, 0) is 6.54 Å². The molecule has 0 bridgehead atoms. The summed E-state index contributed by atoms with van der Waals surface area (Å²) >= 11 is 2.57. The lowest BCUT2D eigenvalue weighted by atomic mass is 10.3. The van der Waals surface area contributed by atoms with E-state index < -0.39 is 5.91 Å². The maximum absolute atomic E-state index is 14.2. The van der Waals surface area contributed by atoms with Crippen molar-refractivity contribution in [3.8, 4) is 0 Å². The van der Waals surface area contributed by atoms with Crippen molar-refractivity contribution in [1.29, 1.82) is 0 Å². The Morgan fingerprint density at radius 2 is 2.00 bits per heavy atom. The fraction of sp³-hybridized carbons (Fsp3) is 0.0556. The van der Waals surface area contributed by atoms with Crippen LogP contribution in [0, 0.1) is 5.82 Å². The molecule has 0 saturated carbocycles. The second-order valence-corrected chi connectivity index (χ2v) is 7.31. The van der Waals surface area contributed by atoms with Gasteiger partial charge in [0.15, 0.2) is 9.81 Å². The zero-order chi connectivity index (χ0) is 17.4. The molecule has 1 amide bonds. The van der Waals surface area contributed by atoms with Crippen LogP contribution in [0.15, 0.2) is 60.1 Å². The van der Waals surface area contributed by atoms with Crippen LogP contribution in [0.5, 0.6) is 0 Å². The number of aromatic nitrogens is 2. The Labute approximate surface area is 150 Å². The highest BCUT2D eigenvalue weighted by molar-refractivity contribution is 7.20. The number of hydrogen-bond donors (Lipinski definition) is 0. The van der Waals surface area contributed by atoms with Gasteiger partial charge in [0.1, 0.15) is 5.82 Å². The highest BCUT2D eigenvalue weighted by Gasteiger charge is 2.14. The van der Waals surface area contributed by atoms with Gasteiger partial charge in [0, 0.05) is 6.54 Å². The Morgan fingerprint density at radius 1 is 1.20 bits per heavy atom. The molecule has 7 heteroatoms. The number of carbonyl (C=O) groups is 1. The normalized spacial score (nSPS) is 12.1. The third-order valence-corrected chi connectivity index (χ3v) is 5.71. The van der Waals surface area contributed by atoms with Gasteiger partial charge in [-0.05, 0) is 24.3 Å². The number of hydrogen-bond acceptors (Lipinski definition) is 4. The van der Waals surface area contributed by atoms with Crippen LogP contribution < -0.4 is 4.80 Å². The molecule has 25 heavy (non-hydrogen) atoms. The maximum Gasteiger partial charge on any atom is 0.308 e. The molecule has 0 aliphatic rings. The Morgan fingerprint density at radius 3 is 2.80 bits per heavy atom. The van der Waals surface area contributed by atoms with E-state index in [-0.39, 0.29) is 5.82 Å². The average molecular weight is 369 g/mol. The molecule has 4 aromatic rings. The van der Waals surface area contributed by atoms with Gasteiger partial charge >= 0.3 is 5.91 Å². The molecule has 4 rings (SSSR count). The molecule has 0 saturated heterocycles. The summed E-state index contributed by atoms with van der Waals surface area (Å²) in [5.74, 6) is -0.768. The quantitative estimate of drug-likeness (QED) is 0.503. The van der Waals surface area contributed by atoms with E-state index in [1.54, 1.807) is 16.7 Å². The van der Waals surface area contributed by atoms with Crippen molar-refractivity contribution in [2.45, 2.75) is 6.54 Å². The first kappa shape index (κ1) is 15.9. The fourth-order valence-electron chi connectivity index (χ4n) is 2.57. The minimum absolute atomic E-state index is 0.323. The van der Waals surface area contributed by atoms with Crippen LogP contribution in [0.1, 0.15) is 9.80 Å². The summed E-state index contributed by atoms with van der Waals surface area (Å²) in [6.45, 7) is 4.07. The van der Waals surface area contributed by atoms with E-state index in [9.17, 15) is 9.18 Å². The Bertz CT molecular complexity index is 1150. The van der Waals surface area contributed by atoms with Gasteiger partial charge in [0.25, 0.3) is 0 Å². The van der Waals surface area contributed by atoms with Crippen LogP contribution in [-0.4, -0.2) is 15.5 Å². The summed E-state index contributed by atoms with van der Waals surface area (Å²) in [7, 11) is 0. The summed E-state index contributed by atoms with van der Waals surface area (Å²) in [5.41, 5.74) is 1.20. The summed E-state index contributed by atoms with van der Waals surface area (Å²) < 4.78 is 17.5. The van der Waals surface area contributed by atoms with E-state index in [0.717, 1.165) is 14.9 Å². The Kier molecular flexibility index (Phi) is 4.03. The van der Waals surface area contributed by atoms with E-state index in [4.69, 9.17) is 0 Å². The zero-order valence-electron chi connectivity index (χ0n) is 13.0. The van der Waals surface area contributed by atoms with Gasteiger partial charge in [-0.15, -0.1) is 17.9 Å². The fourth-order valence-corrected chi connectivity index (χ4v) is 4.47. The standard InChI is InChI=1S/C18H12FN3OS2/c1-2-10-22-15-11(19)6-5-9-14(15)25-18(22)21-16(23)17-20-12-7-3-4-8-13(12)24-17/h2-9H,1,10H2. The van der Waals surface area contributed by atoms with Gasteiger partial charge in [-0.2, -0.15) is 4.99 Å². The van der Waals surface area contributed by atoms with Crippen molar-refractivity contribution in [2.75, 3.05) is 0 Å². The molecular formula is C18H12FN3OS2. The van der Waals surface area contributed by atoms with Gasteiger partial charge in [-0.3, -0.25) is 4.79 Å². The number of rotatable bonds is 3. The summed E-state index contributed by atoms with van der Waals surface area (Å²) in [6.07, 6.45) is 1.65. The van der Waals surface area contributed by atoms with Crippen molar-refractivity contribution in [3.63, 3.8) is 0 Å². The number of thiazole rings is 2. The molecular weight excluding hydrogens is 357 g/mol. The predicted molar refractivity (Wildman–Crippen MR) is 99.5 cm³/mol. The Balaban J connectivity index is 1.87. The lowest BCUT2D eigenvalue weighted by Gasteiger charge is -2.01. The number of para-hydroxylation sites is 2. The molecule has 4 nitrogen and oxygen atoms in total. The molecule has 0 aliphatic carbocycles. The monoisotopic (exact) mass is 369 g/mol. The number of carbonyl (C=O) groups excluding carboxylic acids is 1.